The van der Waals surface area contributed by atoms with Crippen LogP contribution >= 0.6 is 0 Å². The van der Waals surface area contributed by atoms with Crippen LogP contribution < -0.4 is 4.74 Å². The Morgan fingerprint density at radius 3 is 2.38 bits per heavy atom. The Bertz CT molecular complexity index is 1090. The Morgan fingerprint density at radius 1 is 1.03 bits per heavy atom. The van der Waals surface area contributed by atoms with Gasteiger partial charge in [0.2, 0.25) is 0 Å². The third-order valence-corrected chi connectivity index (χ3v) is 6.83. The van der Waals surface area contributed by atoms with Crippen LogP contribution in [0, 0.1) is 0 Å². The molecule has 0 fully saturated rings. The van der Waals surface area contributed by atoms with Gasteiger partial charge >= 0.3 is 6.18 Å². The van der Waals surface area contributed by atoms with E-state index in [0.717, 1.165) is 36.8 Å². The zero-order chi connectivity index (χ0) is 23.3. The van der Waals surface area contributed by atoms with Crippen molar-refractivity contribution in [3.63, 3.8) is 0 Å². The van der Waals surface area contributed by atoms with E-state index in [1.54, 1.807) is 6.07 Å². The lowest BCUT2D eigenvalue weighted by molar-refractivity contribution is -0.137. The Labute approximate surface area is 186 Å². The first-order valence-corrected chi connectivity index (χ1v) is 11.1. The summed E-state index contributed by atoms with van der Waals surface area (Å²) < 4.78 is 45.6. The van der Waals surface area contributed by atoms with Crippen LogP contribution in [-0.4, -0.2) is 36.9 Å². The van der Waals surface area contributed by atoms with Gasteiger partial charge in [0.15, 0.2) is 5.78 Å². The van der Waals surface area contributed by atoms with Crippen LogP contribution in [0.1, 0.15) is 60.3 Å². The van der Waals surface area contributed by atoms with Gasteiger partial charge in [0.1, 0.15) is 12.4 Å². The van der Waals surface area contributed by atoms with Gasteiger partial charge in [-0.05, 0) is 72.1 Å². The number of halogens is 3. The Morgan fingerprint density at radius 2 is 1.72 bits per heavy atom. The van der Waals surface area contributed by atoms with Crippen molar-refractivity contribution < 1.29 is 22.7 Å². The summed E-state index contributed by atoms with van der Waals surface area (Å²) in [5.41, 5.74) is 2.91. The standard InChI is InChI=1S/C26H28F3NO2/c1-5-30(6-2)11-12-32-18-8-10-20-21(15-18)25(3,4)22-14-16-13-17(26(27,28)29)7-9-19(16)23(22)24(20)31/h7-10,13,15H,5-6,11-12,14H2,1-4H3. The number of fused-ring (bicyclic) bond motifs is 3. The number of carbonyl (C=O) groups is 1. The van der Waals surface area contributed by atoms with Crippen LogP contribution in [0.4, 0.5) is 13.2 Å². The van der Waals surface area contributed by atoms with E-state index in [0.29, 0.717) is 41.0 Å². The number of benzene rings is 2. The molecule has 2 aromatic carbocycles. The second kappa shape index (κ2) is 8.07. The number of carbonyl (C=O) groups excluding carboxylic acids is 1. The molecule has 0 saturated heterocycles. The Kier molecular flexibility index (Phi) is 5.70. The Balaban J connectivity index is 1.65. The number of alkyl halides is 3. The minimum atomic E-state index is -4.40. The van der Waals surface area contributed by atoms with E-state index in [1.165, 1.54) is 12.1 Å². The van der Waals surface area contributed by atoms with Crippen molar-refractivity contribution in [1.82, 2.24) is 4.90 Å². The number of rotatable bonds is 6. The monoisotopic (exact) mass is 443 g/mol. The number of hydrogen-bond acceptors (Lipinski definition) is 3. The third kappa shape index (κ3) is 3.75. The first kappa shape index (κ1) is 22.6. The molecule has 0 saturated carbocycles. The molecule has 2 aromatic rings. The van der Waals surface area contributed by atoms with Crippen molar-refractivity contribution in [1.29, 1.82) is 0 Å². The molecule has 0 amide bonds. The number of Topliss-reactive ketones (excluding diaryl/α,β-unsaturated/α-hetero) is 1. The van der Waals surface area contributed by atoms with Crippen molar-refractivity contribution in [2.24, 2.45) is 0 Å². The first-order chi connectivity index (χ1) is 15.1. The Hall–Kier alpha value is -2.60. The number of hydrogen-bond donors (Lipinski definition) is 0. The van der Waals surface area contributed by atoms with E-state index < -0.39 is 17.2 Å². The van der Waals surface area contributed by atoms with Crippen LogP contribution in [-0.2, 0) is 18.0 Å². The van der Waals surface area contributed by atoms with Crippen molar-refractivity contribution in [2.75, 3.05) is 26.2 Å². The minimum absolute atomic E-state index is 0.123. The first-order valence-electron chi connectivity index (χ1n) is 11.1. The second-order valence-corrected chi connectivity index (χ2v) is 8.94. The highest BCUT2D eigenvalue weighted by atomic mass is 19.4. The summed E-state index contributed by atoms with van der Waals surface area (Å²) in [6, 6.07) is 9.22. The van der Waals surface area contributed by atoms with Crippen molar-refractivity contribution in [3.05, 3.63) is 69.8 Å². The summed E-state index contributed by atoms with van der Waals surface area (Å²) in [6.07, 6.45) is -4.06. The molecule has 2 aliphatic rings. The van der Waals surface area contributed by atoms with Gasteiger partial charge in [-0.2, -0.15) is 13.2 Å². The van der Waals surface area contributed by atoms with Gasteiger partial charge in [-0.25, -0.2) is 0 Å². The molecule has 0 aromatic heterocycles. The summed E-state index contributed by atoms with van der Waals surface area (Å²) in [7, 11) is 0. The molecule has 4 rings (SSSR count). The minimum Gasteiger partial charge on any atom is -0.492 e. The fourth-order valence-corrected chi connectivity index (χ4v) is 4.85. The molecule has 3 nitrogen and oxygen atoms in total. The predicted molar refractivity (Wildman–Crippen MR) is 119 cm³/mol. The summed E-state index contributed by atoms with van der Waals surface area (Å²) in [5, 5.41) is 0. The number of ether oxygens (including phenoxy) is 1. The van der Waals surface area contributed by atoms with E-state index in [1.807, 2.05) is 26.0 Å². The summed E-state index contributed by atoms with van der Waals surface area (Å²) in [5.74, 6) is 0.582. The molecule has 0 N–H and O–H groups in total. The topological polar surface area (TPSA) is 29.5 Å². The zero-order valence-corrected chi connectivity index (χ0v) is 18.9. The lowest BCUT2D eigenvalue weighted by Crippen LogP contribution is -2.30. The van der Waals surface area contributed by atoms with Crippen LogP contribution in [0.3, 0.4) is 0 Å². The second-order valence-electron chi connectivity index (χ2n) is 8.94. The van der Waals surface area contributed by atoms with Gasteiger partial charge in [0.25, 0.3) is 0 Å². The highest BCUT2D eigenvalue weighted by Gasteiger charge is 2.43. The fourth-order valence-electron chi connectivity index (χ4n) is 4.85. The largest absolute Gasteiger partial charge is 0.492 e. The van der Waals surface area contributed by atoms with Crippen molar-refractivity contribution in [2.45, 2.75) is 45.7 Å². The van der Waals surface area contributed by atoms with Gasteiger partial charge in [0.05, 0.1) is 5.56 Å². The molecular formula is C26H28F3NO2. The molecule has 0 unspecified atom stereocenters. The average molecular weight is 444 g/mol. The van der Waals surface area contributed by atoms with Gasteiger partial charge in [0, 0.05) is 23.1 Å². The quantitative estimate of drug-likeness (QED) is 0.556. The molecule has 0 heterocycles. The molecule has 0 spiro atoms. The molecule has 0 radical (unpaired) electrons. The SMILES string of the molecule is CCN(CC)CCOc1ccc2c(c1)C(C)(C)C1=C(C2=O)c2ccc(C(F)(F)F)cc2C1. The molecule has 170 valence electrons. The van der Waals surface area contributed by atoms with Crippen LogP contribution in [0.2, 0.25) is 0 Å². The summed E-state index contributed by atoms with van der Waals surface area (Å²) in [6.45, 7) is 11.6. The maximum absolute atomic E-state index is 13.4. The third-order valence-electron chi connectivity index (χ3n) is 6.83. The van der Waals surface area contributed by atoms with Crippen LogP contribution in [0.25, 0.3) is 5.57 Å². The molecule has 0 aliphatic heterocycles. The maximum atomic E-state index is 13.4. The molecule has 0 atom stereocenters. The summed E-state index contributed by atoms with van der Waals surface area (Å²) >= 11 is 0. The van der Waals surface area contributed by atoms with Gasteiger partial charge in [-0.15, -0.1) is 0 Å². The highest BCUT2D eigenvalue weighted by Crippen LogP contribution is 2.51. The normalized spacial score (nSPS) is 16.8. The number of likely N-dealkylation sites (N-methyl/N-ethyl adjacent to an activating group) is 1. The van der Waals surface area contributed by atoms with Gasteiger partial charge < -0.3 is 9.64 Å². The smallest absolute Gasteiger partial charge is 0.416 e. The van der Waals surface area contributed by atoms with Crippen molar-refractivity contribution in [3.8, 4) is 5.75 Å². The fraction of sp³-hybridized carbons (Fsp3) is 0.423. The molecule has 0 bridgehead atoms. The lowest BCUT2D eigenvalue weighted by atomic mass is 9.68. The number of allylic oxidation sites excluding steroid dienone is 2. The van der Waals surface area contributed by atoms with E-state index in [9.17, 15) is 18.0 Å². The summed E-state index contributed by atoms with van der Waals surface area (Å²) in [4.78, 5) is 15.7. The molecule has 32 heavy (non-hydrogen) atoms. The van der Waals surface area contributed by atoms with E-state index in [-0.39, 0.29) is 5.78 Å². The van der Waals surface area contributed by atoms with Crippen molar-refractivity contribution >= 4 is 11.4 Å². The molecular weight excluding hydrogens is 415 g/mol. The van der Waals surface area contributed by atoms with E-state index >= 15 is 0 Å². The lowest BCUT2D eigenvalue weighted by Gasteiger charge is -2.34. The van der Waals surface area contributed by atoms with Crippen LogP contribution in [0.5, 0.6) is 5.75 Å². The molecule has 2 aliphatic carbocycles. The predicted octanol–water partition coefficient (Wildman–Crippen LogP) is 5.91. The van der Waals surface area contributed by atoms with Gasteiger partial charge in [-0.3, -0.25) is 4.79 Å². The van der Waals surface area contributed by atoms with Crippen LogP contribution in [0.15, 0.2) is 42.0 Å². The van der Waals surface area contributed by atoms with E-state index in [2.05, 4.69) is 18.7 Å². The van der Waals surface area contributed by atoms with E-state index in [4.69, 9.17) is 4.74 Å². The number of nitrogens with zero attached hydrogens (tertiary/aromatic N) is 1. The van der Waals surface area contributed by atoms with Gasteiger partial charge in [-0.1, -0.05) is 33.8 Å². The highest BCUT2D eigenvalue weighted by molar-refractivity contribution is 6.33. The average Bonchev–Trinajstić information content (AvgIpc) is 3.15. The number of ketones is 1. The zero-order valence-electron chi connectivity index (χ0n) is 18.9. The maximum Gasteiger partial charge on any atom is 0.416 e. The molecule has 6 heteroatoms.